The number of pyridine rings is 1. The van der Waals surface area contributed by atoms with Crippen LogP contribution in [-0.4, -0.2) is 9.19 Å². The summed E-state index contributed by atoms with van der Waals surface area (Å²) >= 11 is 0. The molecule has 0 radical (unpaired) electrons. The Balaban J connectivity index is 1.56. The van der Waals surface area contributed by atoms with E-state index in [4.69, 9.17) is 4.98 Å². The van der Waals surface area contributed by atoms with Crippen LogP contribution in [0.25, 0.3) is 10.9 Å². The van der Waals surface area contributed by atoms with E-state index in [0.717, 1.165) is 32.5 Å². The van der Waals surface area contributed by atoms with Crippen molar-refractivity contribution >= 4 is 40.2 Å². The molecule has 0 saturated heterocycles. The van der Waals surface area contributed by atoms with Crippen LogP contribution >= 0.6 is 7.92 Å². The first-order valence-electron chi connectivity index (χ1n) is 10.5. The third kappa shape index (κ3) is 4.41. The maximum absolute atomic E-state index is 13.3. The highest BCUT2D eigenvalue weighted by atomic mass is 32.2. The molecule has 0 N–H and O–H groups in total. The van der Waals surface area contributed by atoms with E-state index in [9.17, 15) is 4.21 Å². The van der Waals surface area contributed by atoms with E-state index in [1.807, 2.05) is 48.5 Å². The van der Waals surface area contributed by atoms with E-state index in [0.29, 0.717) is 0 Å². The quantitative estimate of drug-likeness (QED) is 0.295. The first kappa shape index (κ1) is 20.8. The van der Waals surface area contributed by atoms with E-state index in [1.165, 1.54) is 10.6 Å². The molecule has 0 bridgehead atoms. The van der Waals surface area contributed by atoms with Crippen molar-refractivity contribution in [2.75, 3.05) is 0 Å². The minimum atomic E-state index is -1.27. The van der Waals surface area contributed by atoms with Crippen LogP contribution in [0.3, 0.4) is 0 Å². The third-order valence-corrected chi connectivity index (χ3v) is 9.27. The molecule has 32 heavy (non-hydrogen) atoms. The lowest BCUT2D eigenvalue weighted by Crippen LogP contribution is -2.13. The summed E-state index contributed by atoms with van der Waals surface area (Å²) in [5.74, 6) is 0. The van der Waals surface area contributed by atoms with Crippen LogP contribution in [0.1, 0.15) is 5.69 Å². The predicted molar refractivity (Wildman–Crippen MR) is 136 cm³/mol. The summed E-state index contributed by atoms with van der Waals surface area (Å²) in [5, 5.41) is 3.67. The van der Waals surface area contributed by atoms with Crippen LogP contribution in [0.5, 0.6) is 0 Å². The maximum Gasteiger partial charge on any atom is 0.0871 e. The van der Waals surface area contributed by atoms with Crippen LogP contribution in [0.4, 0.5) is 0 Å². The fourth-order valence-electron chi connectivity index (χ4n) is 3.78. The number of fused-ring (bicyclic) bond motifs is 1. The summed E-state index contributed by atoms with van der Waals surface area (Å²) in [6, 6.07) is 41.1. The van der Waals surface area contributed by atoms with E-state index < -0.39 is 18.7 Å². The van der Waals surface area contributed by atoms with Gasteiger partial charge in [-0.1, -0.05) is 97.1 Å². The van der Waals surface area contributed by atoms with Crippen molar-refractivity contribution in [3.63, 3.8) is 0 Å². The molecule has 2 nitrogen and oxygen atoms in total. The van der Waals surface area contributed by atoms with Crippen LogP contribution in [-0.2, 0) is 17.0 Å². The maximum atomic E-state index is 13.3. The van der Waals surface area contributed by atoms with E-state index in [-0.39, 0.29) is 0 Å². The fraction of sp³-hybridized carbons (Fsp3) is 0.0357. The van der Waals surface area contributed by atoms with Crippen molar-refractivity contribution in [3.05, 3.63) is 127 Å². The molecule has 1 unspecified atom stereocenters. The molecule has 0 aliphatic carbocycles. The normalized spacial score (nSPS) is 12.2. The second kappa shape index (κ2) is 9.56. The monoisotopic (exact) mass is 451 g/mol. The Morgan fingerprint density at radius 1 is 0.625 bits per heavy atom. The van der Waals surface area contributed by atoms with Gasteiger partial charge in [-0.25, -0.2) is 4.21 Å². The molecule has 0 aliphatic heterocycles. The first-order chi connectivity index (χ1) is 15.8. The summed E-state index contributed by atoms with van der Waals surface area (Å²) in [7, 11) is -1.86. The minimum Gasteiger partial charge on any atom is -0.251 e. The molecule has 0 aliphatic rings. The average molecular weight is 452 g/mol. The first-order valence-corrected chi connectivity index (χ1v) is 13.2. The highest BCUT2D eigenvalue weighted by molar-refractivity contribution is 7.85. The SMILES string of the molecule is O=S(c1ccccc1)c1cccc2ccc(CP(c3ccccc3)c3ccccc3)nc12. The molecule has 156 valence electrons. The number of nitrogens with zero attached hydrogens (tertiary/aromatic N) is 1. The average Bonchev–Trinajstić information content (AvgIpc) is 2.88. The van der Waals surface area contributed by atoms with Gasteiger partial charge in [-0.15, -0.1) is 0 Å². The van der Waals surface area contributed by atoms with Gasteiger partial charge in [0, 0.05) is 22.1 Å². The number of para-hydroxylation sites is 1. The van der Waals surface area contributed by atoms with Crippen molar-refractivity contribution in [3.8, 4) is 0 Å². The Morgan fingerprint density at radius 3 is 1.84 bits per heavy atom. The molecular weight excluding hydrogens is 429 g/mol. The highest BCUT2D eigenvalue weighted by Gasteiger charge is 2.17. The molecule has 1 heterocycles. The number of hydrogen-bond donors (Lipinski definition) is 0. The van der Waals surface area contributed by atoms with Gasteiger partial charge in [0.1, 0.15) is 0 Å². The zero-order valence-corrected chi connectivity index (χ0v) is 19.2. The van der Waals surface area contributed by atoms with Crippen molar-refractivity contribution in [1.29, 1.82) is 0 Å². The predicted octanol–water partition coefficient (Wildman–Crippen LogP) is 6.03. The molecule has 4 aromatic carbocycles. The van der Waals surface area contributed by atoms with Crippen LogP contribution < -0.4 is 10.6 Å². The van der Waals surface area contributed by atoms with Gasteiger partial charge >= 0.3 is 0 Å². The Bertz CT molecular complexity index is 1320. The third-order valence-electron chi connectivity index (χ3n) is 5.35. The Kier molecular flexibility index (Phi) is 6.20. The number of hydrogen-bond acceptors (Lipinski definition) is 2. The van der Waals surface area contributed by atoms with Crippen molar-refractivity contribution < 1.29 is 4.21 Å². The Hall–Kier alpha value is -3.13. The molecule has 0 fully saturated rings. The molecule has 1 atom stereocenters. The largest absolute Gasteiger partial charge is 0.251 e. The van der Waals surface area contributed by atoms with Gasteiger partial charge in [0.15, 0.2) is 0 Å². The molecule has 0 saturated carbocycles. The smallest absolute Gasteiger partial charge is 0.0871 e. The number of rotatable bonds is 6. The lowest BCUT2D eigenvalue weighted by Gasteiger charge is -2.19. The molecular formula is C28H22NOPS. The van der Waals surface area contributed by atoms with Gasteiger partial charge in [0.2, 0.25) is 0 Å². The zero-order valence-electron chi connectivity index (χ0n) is 17.5. The van der Waals surface area contributed by atoms with E-state index in [2.05, 4.69) is 72.8 Å². The van der Waals surface area contributed by atoms with Gasteiger partial charge in [-0.3, -0.25) is 4.98 Å². The topological polar surface area (TPSA) is 30.0 Å². The number of benzene rings is 4. The molecule has 1 aromatic heterocycles. The summed E-state index contributed by atoms with van der Waals surface area (Å²) in [4.78, 5) is 6.59. The molecule has 0 amide bonds. The number of aromatic nitrogens is 1. The van der Waals surface area contributed by atoms with Crippen molar-refractivity contribution in [2.24, 2.45) is 0 Å². The standard InChI is InChI=1S/C28H22NOPS/c30-32(26-16-8-3-9-17-26)27-18-10-11-22-19-20-23(29-28(22)27)21-31(24-12-4-1-5-13-24)25-14-6-2-7-15-25/h1-20H,21H2. The molecule has 0 spiro atoms. The van der Waals surface area contributed by atoms with Crippen molar-refractivity contribution in [2.45, 2.75) is 16.0 Å². The fourth-order valence-corrected chi connectivity index (χ4v) is 7.21. The summed E-state index contributed by atoms with van der Waals surface area (Å²) in [6.45, 7) is 0. The molecule has 5 rings (SSSR count). The summed E-state index contributed by atoms with van der Waals surface area (Å²) in [6.07, 6.45) is 0.839. The Labute approximate surface area is 192 Å². The molecule has 4 heteroatoms. The van der Waals surface area contributed by atoms with Gasteiger partial charge in [0.25, 0.3) is 0 Å². The second-order valence-electron chi connectivity index (χ2n) is 7.47. The van der Waals surface area contributed by atoms with Gasteiger partial charge in [-0.05, 0) is 42.8 Å². The molecule has 5 aromatic rings. The Morgan fingerprint density at radius 2 is 1.22 bits per heavy atom. The lowest BCUT2D eigenvalue weighted by molar-refractivity contribution is 0.683. The zero-order chi connectivity index (χ0) is 21.8. The van der Waals surface area contributed by atoms with Gasteiger partial charge in [0.05, 0.1) is 21.2 Å². The van der Waals surface area contributed by atoms with Gasteiger partial charge in [-0.2, -0.15) is 0 Å². The summed E-state index contributed by atoms with van der Waals surface area (Å²) in [5.41, 5.74) is 1.84. The summed E-state index contributed by atoms with van der Waals surface area (Å²) < 4.78 is 13.3. The van der Waals surface area contributed by atoms with Crippen molar-refractivity contribution in [1.82, 2.24) is 4.98 Å². The van der Waals surface area contributed by atoms with Crippen LogP contribution in [0.15, 0.2) is 131 Å². The van der Waals surface area contributed by atoms with E-state index in [1.54, 1.807) is 0 Å². The minimum absolute atomic E-state index is 0.590. The van der Waals surface area contributed by atoms with E-state index >= 15 is 0 Å². The van der Waals surface area contributed by atoms with Crippen LogP contribution in [0, 0.1) is 0 Å². The lowest BCUT2D eigenvalue weighted by atomic mass is 10.2. The van der Waals surface area contributed by atoms with Crippen LogP contribution in [0.2, 0.25) is 0 Å². The highest BCUT2D eigenvalue weighted by Crippen LogP contribution is 2.38. The van der Waals surface area contributed by atoms with Gasteiger partial charge < -0.3 is 0 Å². The second-order valence-corrected chi connectivity index (χ2v) is 11.1.